The molecule has 0 saturated heterocycles. The largest absolute Gasteiger partial charge is 0.461 e. The number of nitrogens with zero attached hydrogens (tertiary/aromatic N) is 3. The Labute approximate surface area is 150 Å². The molecule has 0 fully saturated rings. The molecule has 0 radical (unpaired) electrons. The number of ether oxygens (including phenoxy) is 2. The first kappa shape index (κ1) is 18.8. The highest BCUT2D eigenvalue weighted by Gasteiger charge is 2.32. The molecule has 0 aromatic carbocycles. The van der Waals surface area contributed by atoms with Crippen LogP contribution in [0.4, 0.5) is 4.79 Å². The second-order valence-corrected chi connectivity index (χ2v) is 7.35. The fourth-order valence-corrected chi connectivity index (χ4v) is 2.91. The summed E-state index contributed by atoms with van der Waals surface area (Å²) >= 11 is 3.37. The van der Waals surface area contributed by atoms with Crippen molar-refractivity contribution in [1.29, 1.82) is 0 Å². The highest BCUT2D eigenvalue weighted by molar-refractivity contribution is 9.09. The predicted octanol–water partition coefficient (Wildman–Crippen LogP) is 2.75. The van der Waals surface area contributed by atoms with Crippen LogP contribution >= 0.6 is 15.9 Å². The van der Waals surface area contributed by atoms with Gasteiger partial charge in [0.25, 0.3) is 0 Å². The lowest BCUT2D eigenvalue weighted by Crippen LogP contribution is -2.40. The number of hydrogen-bond acceptors (Lipinski definition) is 5. The van der Waals surface area contributed by atoms with Crippen LogP contribution in [0.5, 0.6) is 0 Å². The third-order valence-corrected chi connectivity index (χ3v) is 3.87. The molecule has 134 valence electrons. The fourth-order valence-electron chi connectivity index (χ4n) is 2.58. The zero-order valence-corrected chi connectivity index (χ0v) is 16.2. The Morgan fingerprint density at radius 3 is 2.62 bits per heavy atom. The topological polar surface area (TPSA) is 73.7 Å². The lowest BCUT2D eigenvalue weighted by Gasteiger charge is -2.29. The van der Waals surface area contributed by atoms with Gasteiger partial charge in [0.1, 0.15) is 5.60 Å². The summed E-state index contributed by atoms with van der Waals surface area (Å²) in [7, 11) is 0. The quantitative estimate of drug-likeness (QED) is 0.572. The van der Waals surface area contributed by atoms with Crippen LogP contribution in [-0.4, -0.2) is 50.8 Å². The number of aromatic nitrogens is 2. The van der Waals surface area contributed by atoms with Gasteiger partial charge in [-0.3, -0.25) is 4.68 Å². The molecular formula is C16H24BrN3O4. The van der Waals surface area contributed by atoms with Crippen LogP contribution in [0.15, 0.2) is 0 Å². The zero-order chi connectivity index (χ0) is 17.9. The van der Waals surface area contributed by atoms with Crippen molar-refractivity contribution in [1.82, 2.24) is 14.7 Å². The molecule has 1 amide bonds. The number of halogens is 1. The molecule has 2 rings (SSSR count). The van der Waals surface area contributed by atoms with Gasteiger partial charge in [0.05, 0.1) is 25.4 Å². The first-order chi connectivity index (χ1) is 11.3. The van der Waals surface area contributed by atoms with Gasteiger partial charge in [0.15, 0.2) is 5.69 Å². The summed E-state index contributed by atoms with van der Waals surface area (Å²) in [6, 6.07) is 0. The molecule has 0 atom stereocenters. The van der Waals surface area contributed by atoms with Crippen molar-refractivity contribution in [3.63, 3.8) is 0 Å². The number of rotatable bonds is 4. The summed E-state index contributed by atoms with van der Waals surface area (Å²) in [5.41, 5.74) is 1.48. The normalized spacial score (nSPS) is 14.3. The molecule has 8 heteroatoms. The Morgan fingerprint density at radius 1 is 1.33 bits per heavy atom. The van der Waals surface area contributed by atoms with E-state index in [0.717, 1.165) is 11.3 Å². The molecule has 0 bridgehead atoms. The van der Waals surface area contributed by atoms with Gasteiger partial charge < -0.3 is 14.4 Å². The van der Waals surface area contributed by atoms with E-state index in [4.69, 9.17) is 9.47 Å². The van der Waals surface area contributed by atoms with E-state index in [-0.39, 0.29) is 6.09 Å². The molecule has 1 aromatic rings. The minimum atomic E-state index is -0.554. The van der Waals surface area contributed by atoms with Gasteiger partial charge in [-0.2, -0.15) is 5.10 Å². The van der Waals surface area contributed by atoms with Gasteiger partial charge in [0, 0.05) is 23.9 Å². The van der Waals surface area contributed by atoms with Crippen molar-refractivity contribution in [3.8, 4) is 0 Å². The molecule has 2 heterocycles. The van der Waals surface area contributed by atoms with Crippen molar-refractivity contribution in [2.24, 2.45) is 0 Å². The van der Waals surface area contributed by atoms with Crippen molar-refractivity contribution >= 4 is 28.0 Å². The Morgan fingerprint density at radius 2 is 2.04 bits per heavy atom. The Balaban J connectivity index is 2.28. The zero-order valence-electron chi connectivity index (χ0n) is 14.6. The summed E-state index contributed by atoms with van der Waals surface area (Å²) in [6.07, 6.45) is 0.215. The van der Waals surface area contributed by atoms with E-state index < -0.39 is 11.6 Å². The molecule has 0 aliphatic carbocycles. The highest BCUT2D eigenvalue weighted by atomic mass is 79.9. The Hall–Kier alpha value is -1.57. The number of carbonyl (C=O) groups is 2. The van der Waals surface area contributed by atoms with E-state index in [1.807, 2.05) is 20.8 Å². The second kappa shape index (κ2) is 7.55. The second-order valence-electron chi connectivity index (χ2n) is 6.56. The summed E-state index contributed by atoms with van der Waals surface area (Å²) in [5.74, 6) is -0.404. The van der Waals surface area contributed by atoms with E-state index in [9.17, 15) is 9.59 Å². The SMILES string of the molecule is CCOC(=O)c1c2c(nn1CCBr)CCN(C(=O)OC(C)(C)C)C2. The molecule has 7 nitrogen and oxygen atoms in total. The Bertz CT molecular complexity index is 622. The highest BCUT2D eigenvalue weighted by Crippen LogP contribution is 2.25. The number of alkyl halides is 1. The number of amides is 1. The summed E-state index contributed by atoms with van der Waals surface area (Å²) in [6.45, 7) is 8.95. The molecule has 1 aliphatic rings. The van der Waals surface area contributed by atoms with Crippen molar-refractivity contribution < 1.29 is 19.1 Å². The fraction of sp³-hybridized carbons (Fsp3) is 0.688. The monoisotopic (exact) mass is 401 g/mol. The molecular weight excluding hydrogens is 378 g/mol. The van der Waals surface area contributed by atoms with Crippen LogP contribution in [-0.2, 0) is 29.0 Å². The van der Waals surface area contributed by atoms with Gasteiger partial charge in [-0.1, -0.05) is 15.9 Å². The van der Waals surface area contributed by atoms with Crippen molar-refractivity contribution in [2.45, 2.75) is 52.8 Å². The van der Waals surface area contributed by atoms with Crippen LogP contribution in [0, 0.1) is 0 Å². The average Bonchev–Trinajstić information content (AvgIpc) is 2.83. The molecule has 0 spiro atoms. The summed E-state index contributed by atoms with van der Waals surface area (Å²) in [4.78, 5) is 26.3. The van der Waals surface area contributed by atoms with Gasteiger partial charge in [-0.25, -0.2) is 9.59 Å². The van der Waals surface area contributed by atoms with E-state index in [2.05, 4.69) is 21.0 Å². The predicted molar refractivity (Wildman–Crippen MR) is 92.3 cm³/mol. The van der Waals surface area contributed by atoms with E-state index in [1.165, 1.54) is 0 Å². The number of hydrogen-bond donors (Lipinski definition) is 0. The standard InChI is InChI=1S/C16H24BrN3O4/c1-5-23-14(21)13-11-10-19(15(22)24-16(2,3)4)8-6-12(11)18-20(13)9-7-17/h5-10H2,1-4H3. The van der Waals surface area contributed by atoms with Crippen LogP contribution in [0.1, 0.15) is 49.4 Å². The Kier molecular flexibility index (Phi) is 5.90. The van der Waals surface area contributed by atoms with Crippen molar-refractivity contribution in [2.75, 3.05) is 18.5 Å². The maximum atomic E-state index is 12.3. The lowest BCUT2D eigenvalue weighted by atomic mass is 10.1. The first-order valence-corrected chi connectivity index (χ1v) is 9.18. The molecule has 0 saturated carbocycles. The van der Waals surface area contributed by atoms with E-state index in [1.54, 1.807) is 16.5 Å². The number of fused-ring (bicyclic) bond motifs is 1. The van der Waals surface area contributed by atoms with Gasteiger partial charge in [-0.05, 0) is 27.7 Å². The van der Waals surface area contributed by atoms with Gasteiger partial charge >= 0.3 is 12.1 Å². The third-order valence-electron chi connectivity index (χ3n) is 3.52. The molecule has 0 unspecified atom stereocenters. The maximum absolute atomic E-state index is 12.3. The van der Waals surface area contributed by atoms with Gasteiger partial charge in [-0.15, -0.1) is 0 Å². The molecule has 1 aromatic heterocycles. The molecule has 0 N–H and O–H groups in total. The van der Waals surface area contributed by atoms with Crippen LogP contribution in [0.25, 0.3) is 0 Å². The molecule has 24 heavy (non-hydrogen) atoms. The number of carbonyl (C=O) groups excluding carboxylic acids is 2. The molecule has 1 aliphatic heterocycles. The van der Waals surface area contributed by atoms with E-state index >= 15 is 0 Å². The smallest absolute Gasteiger partial charge is 0.410 e. The number of esters is 1. The summed E-state index contributed by atoms with van der Waals surface area (Å²) in [5, 5.41) is 5.20. The van der Waals surface area contributed by atoms with E-state index in [0.29, 0.717) is 43.7 Å². The van der Waals surface area contributed by atoms with Crippen LogP contribution in [0.2, 0.25) is 0 Å². The number of aryl methyl sites for hydroxylation is 1. The first-order valence-electron chi connectivity index (χ1n) is 8.06. The summed E-state index contributed by atoms with van der Waals surface area (Å²) < 4.78 is 12.3. The minimum Gasteiger partial charge on any atom is -0.461 e. The lowest BCUT2D eigenvalue weighted by molar-refractivity contribution is 0.0220. The minimum absolute atomic E-state index is 0.295. The van der Waals surface area contributed by atoms with Crippen molar-refractivity contribution in [3.05, 3.63) is 17.0 Å². The maximum Gasteiger partial charge on any atom is 0.410 e. The van der Waals surface area contributed by atoms with Gasteiger partial charge in [0.2, 0.25) is 0 Å². The third kappa shape index (κ3) is 4.28. The van der Waals surface area contributed by atoms with Crippen LogP contribution < -0.4 is 0 Å². The average molecular weight is 402 g/mol. The van der Waals surface area contributed by atoms with Crippen LogP contribution in [0.3, 0.4) is 0 Å².